The lowest BCUT2D eigenvalue weighted by Gasteiger charge is -2.45. The first-order valence-corrected chi connectivity index (χ1v) is 14.2. The van der Waals surface area contributed by atoms with E-state index in [2.05, 4.69) is 12.6 Å². The van der Waals surface area contributed by atoms with Gasteiger partial charge < -0.3 is 14.0 Å². The zero-order chi connectivity index (χ0) is 26.4. The molecule has 4 heterocycles. The number of hydrogen-bond acceptors (Lipinski definition) is 8. The zero-order valence-electron chi connectivity index (χ0n) is 20.9. The van der Waals surface area contributed by atoms with E-state index in [9.17, 15) is 14.4 Å². The fraction of sp³-hybridized carbons (Fsp3) is 0.333. The lowest BCUT2D eigenvalue weighted by atomic mass is 9.86. The van der Waals surface area contributed by atoms with Crippen LogP contribution < -0.4 is 5.56 Å². The Morgan fingerprint density at radius 3 is 2.78 bits per heavy atom. The van der Waals surface area contributed by atoms with Crippen molar-refractivity contribution >= 4 is 33.4 Å². The molecule has 3 aromatic rings. The molecular weight excluding hydrogens is 496 g/mol. The molecule has 2 aliphatic heterocycles. The second kappa shape index (κ2) is 9.44. The van der Waals surface area contributed by atoms with Crippen LogP contribution in [0.4, 0.5) is 0 Å². The van der Waals surface area contributed by atoms with Gasteiger partial charge in [0.05, 0.1) is 29.0 Å². The number of aromatic nitrogens is 2. The zero-order valence-corrected chi connectivity index (χ0v) is 21.8. The summed E-state index contributed by atoms with van der Waals surface area (Å²) in [5.41, 5.74) is 2.24. The molecule has 0 spiro atoms. The van der Waals surface area contributed by atoms with Crippen molar-refractivity contribution in [3.05, 3.63) is 76.1 Å². The molecule has 1 aromatic carbocycles. The molecule has 5 rings (SSSR count). The lowest BCUT2D eigenvalue weighted by molar-refractivity contribution is -0.168. The van der Waals surface area contributed by atoms with Crippen molar-refractivity contribution in [2.24, 2.45) is 0 Å². The van der Waals surface area contributed by atoms with E-state index in [1.807, 2.05) is 37.3 Å². The summed E-state index contributed by atoms with van der Waals surface area (Å²) in [6.45, 7) is 5.51. The van der Waals surface area contributed by atoms with Gasteiger partial charge in [-0.05, 0) is 24.6 Å². The first kappa shape index (κ1) is 25.2. The monoisotopic (exact) mass is 524 g/mol. The Labute approximate surface area is 215 Å². The number of carbonyl (C=O) groups is 2. The van der Waals surface area contributed by atoms with Crippen molar-refractivity contribution in [2.45, 2.75) is 32.1 Å². The number of cyclic esters (lactones) is 1. The van der Waals surface area contributed by atoms with Crippen LogP contribution in [0.2, 0.25) is 0 Å². The molecule has 2 aromatic heterocycles. The maximum absolute atomic E-state index is 13.7. The van der Waals surface area contributed by atoms with Crippen molar-refractivity contribution in [1.82, 2.24) is 9.55 Å². The summed E-state index contributed by atoms with van der Waals surface area (Å²) >= 11 is 0. The summed E-state index contributed by atoms with van der Waals surface area (Å²) in [7, 11) is -2.29. The standard InChI is InChI=1S/C27H28N2O7S/c1-5-23(30)33-11-12-35-37(3,4)36-27(6-2)20-14-22-24-18(13-17-9-7-8-10-21(17)28-24)15-29(22)25(31)19(20)16-34-26(27)32/h5,7-10,13-14H,1,6,11-12,15-16H2,2-4H3/t27-/m0/s1. The molecular formula is C27H28N2O7S. The SMILES string of the molecule is C=CC(=O)OCCOS(C)(C)O[C@]1(CC)C(=O)OCc2c1cc1n(c2=O)Cc2cc3ccccc3nc2-1. The third kappa shape index (κ3) is 4.35. The van der Waals surface area contributed by atoms with Gasteiger partial charge >= 0.3 is 11.9 Å². The fourth-order valence-electron chi connectivity index (χ4n) is 4.85. The third-order valence-electron chi connectivity index (χ3n) is 6.59. The highest BCUT2D eigenvalue weighted by Gasteiger charge is 2.50. The number of benzene rings is 1. The second-order valence-corrected chi connectivity index (χ2v) is 11.9. The Hall–Kier alpha value is -3.47. The van der Waals surface area contributed by atoms with E-state index < -0.39 is 28.1 Å². The molecule has 0 saturated carbocycles. The number of esters is 2. The van der Waals surface area contributed by atoms with Crippen LogP contribution in [0.25, 0.3) is 22.3 Å². The van der Waals surface area contributed by atoms with Gasteiger partial charge in [0, 0.05) is 35.1 Å². The number of pyridine rings is 2. The van der Waals surface area contributed by atoms with E-state index >= 15 is 0 Å². The van der Waals surface area contributed by atoms with Crippen molar-refractivity contribution in [1.29, 1.82) is 0 Å². The maximum atomic E-state index is 13.7. The van der Waals surface area contributed by atoms with Crippen LogP contribution in [0.1, 0.15) is 30.0 Å². The second-order valence-electron chi connectivity index (χ2n) is 9.18. The molecule has 0 amide bonds. The van der Waals surface area contributed by atoms with Crippen LogP contribution in [-0.4, -0.2) is 47.2 Å². The van der Waals surface area contributed by atoms with E-state index in [-0.39, 0.29) is 31.8 Å². The average molecular weight is 525 g/mol. The number of carbonyl (C=O) groups excluding carboxylic acids is 2. The van der Waals surface area contributed by atoms with Crippen molar-refractivity contribution in [2.75, 3.05) is 25.7 Å². The molecule has 37 heavy (non-hydrogen) atoms. The van der Waals surface area contributed by atoms with Crippen molar-refractivity contribution in [3.63, 3.8) is 0 Å². The lowest BCUT2D eigenvalue weighted by Crippen LogP contribution is -2.47. The number of rotatable bonds is 8. The Kier molecular flexibility index (Phi) is 6.43. The molecule has 0 radical (unpaired) electrons. The molecule has 0 aliphatic carbocycles. The topological polar surface area (TPSA) is 106 Å². The number of ether oxygens (including phenoxy) is 2. The summed E-state index contributed by atoms with van der Waals surface area (Å²) in [4.78, 5) is 43.1. The van der Waals surface area contributed by atoms with Gasteiger partial charge in [0.25, 0.3) is 5.56 Å². The van der Waals surface area contributed by atoms with Gasteiger partial charge in [-0.3, -0.25) is 13.2 Å². The van der Waals surface area contributed by atoms with Crippen LogP contribution in [0, 0.1) is 0 Å². The molecule has 1 atom stereocenters. The number of hydrogen-bond donors (Lipinski definition) is 0. The summed E-state index contributed by atoms with van der Waals surface area (Å²) in [6.07, 6.45) is 4.78. The van der Waals surface area contributed by atoms with Gasteiger partial charge in [-0.2, -0.15) is 10.6 Å². The van der Waals surface area contributed by atoms with Crippen LogP contribution in [0.5, 0.6) is 0 Å². The molecule has 0 fully saturated rings. The van der Waals surface area contributed by atoms with Gasteiger partial charge in [-0.1, -0.05) is 31.7 Å². The first-order valence-electron chi connectivity index (χ1n) is 11.9. The van der Waals surface area contributed by atoms with Crippen LogP contribution in [0.3, 0.4) is 0 Å². The van der Waals surface area contributed by atoms with Gasteiger partial charge in [0.15, 0.2) is 0 Å². The fourth-order valence-corrected chi connectivity index (χ4v) is 6.33. The third-order valence-corrected chi connectivity index (χ3v) is 8.01. The smallest absolute Gasteiger partial charge is 0.345 e. The first-order chi connectivity index (χ1) is 17.7. The van der Waals surface area contributed by atoms with Crippen LogP contribution in [0.15, 0.2) is 53.8 Å². The Morgan fingerprint density at radius 1 is 1.24 bits per heavy atom. The molecule has 9 nitrogen and oxygen atoms in total. The minimum Gasteiger partial charge on any atom is -0.460 e. The highest BCUT2D eigenvalue weighted by Crippen LogP contribution is 2.53. The molecule has 10 heteroatoms. The van der Waals surface area contributed by atoms with Gasteiger partial charge in [-0.15, -0.1) is 0 Å². The summed E-state index contributed by atoms with van der Waals surface area (Å²) in [5, 5.41) is 0.998. The van der Waals surface area contributed by atoms with Gasteiger partial charge in [-0.25, -0.2) is 14.6 Å². The highest BCUT2D eigenvalue weighted by atomic mass is 32.3. The van der Waals surface area contributed by atoms with E-state index in [1.54, 1.807) is 17.1 Å². The molecule has 0 unspecified atom stereocenters. The molecule has 0 saturated heterocycles. The van der Waals surface area contributed by atoms with Crippen LogP contribution in [-0.2, 0) is 46.2 Å². The minimum atomic E-state index is -2.29. The highest BCUT2D eigenvalue weighted by molar-refractivity contribution is 8.24. The summed E-state index contributed by atoms with van der Waals surface area (Å²) in [6, 6.07) is 11.7. The van der Waals surface area contributed by atoms with E-state index in [0.29, 0.717) is 23.4 Å². The Morgan fingerprint density at radius 2 is 2.03 bits per heavy atom. The van der Waals surface area contributed by atoms with Gasteiger partial charge in [0.2, 0.25) is 5.60 Å². The van der Waals surface area contributed by atoms with E-state index in [1.165, 1.54) is 0 Å². The van der Waals surface area contributed by atoms with Gasteiger partial charge in [0.1, 0.15) is 19.8 Å². The van der Waals surface area contributed by atoms with E-state index in [4.69, 9.17) is 22.8 Å². The van der Waals surface area contributed by atoms with E-state index in [0.717, 1.165) is 28.2 Å². The predicted molar refractivity (Wildman–Crippen MR) is 140 cm³/mol. The molecule has 194 valence electrons. The van der Waals surface area contributed by atoms with Crippen LogP contribution >= 0.6 is 10.6 Å². The number of fused-ring (bicyclic) bond motifs is 5. The number of para-hydroxylation sites is 1. The largest absolute Gasteiger partial charge is 0.460 e. The normalized spacial score (nSPS) is 18.5. The Bertz CT molecular complexity index is 1500. The maximum Gasteiger partial charge on any atom is 0.345 e. The molecule has 0 bridgehead atoms. The summed E-state index contributed by atoms with van der Waals surface area (Å²) in [5.74, 6) is -1.12. The van der Waals surface area contributed by atoms with Crippen molar-refractivity contribution < 1.29 is 27.4 Å². The summed E-state index contributed by atoms with van der Waals surface area (Å²) < 4.78 is 24.4. The minimum absolute atomic E-state index is 0.00999. The predicted octanol–water partition coefficient (Wildman–Crippen LogP) is 3.74. The quantitative estimate of drug-likeness (QED) is 0.195. The van der Waals surface area contributed by atoms with Crippen molar-refractivity contribution in [3.8, 4) is 11.4 Å². The molecule has 2 aliphatic rings. The number of nitrogens with zero attached hydrogens (tertiary/aromatic N) is 2. The molecule has 0 N–H and O–H groups in total. The Balaban J connectivity index is 1.54. The average Bonchev–Trinajstić information content (AvgIpc) is 3.24.